The van der Waals surface area contributed by atoms with Crippen LogP contribution in [0.2, 0.25) is 0 Å². The van der Waals surface area contributed by atoms with Crippen molar-refractivity contribution in [1.82, 2.24) is 9.97 Å². The number of rotatable bonds is 1. The topological polar surface area (TPSA) is 25.8 Å². The Labute approximate surface area is 97.6 Å². The van der Waals surface area contributed by atoms with Gasteiger partial charge in [0, 0.05) is 28.2 Å². The highest BCUT2D eigenvalue weighted by atomic mass is 32.1. The van der Waals surface area contributed by atoms with Crippen LogP contribution < -0.4 is 0 Å². The molecule has 3 aromatic rings. The highest BCUT2D eigenvalue weighted by Gasteiger charge is 2.06. The minimum Gasteiger partial charge on any atom is -0.256 e. The van der Waals surface area contributed by atoms with Crippen molar-refractivity contribution >= 4 is 22.2 Å². The summed E-state index contributed by atoms with van der Waals surface area (Å²) in [7, 11) is 0. The molecule has 0 N–H and O–H groups in total. The van der Waals surface area contributed by atoms with Gasteiger partial charge in [0.1, 0.15) is 5.01 Å². The van der Waals surface area contributed by atoms with E-state index in [9.17, 15) is 0 Å². The number of nitrogens with zero attached hydrogens (tertiary/aromatic N) is 2. The average molecular weight is 226 g/mol. The lowest BCUT2D eigenvalue weighted by Gasteiger charge is -2.01. The van der Waals surface area contributed by atoms with E-state index in [0.29, 0.717) is 0 Å². The second kappa shape index (κ2) is 3.68. The van der Waals surface area contributed by atoms with Gasteiger partial charge in [0.05, 0.1) is 5.52 Å². The maximum atomic E-state index is 4.52. The van der Waals surface area contributed by atoms with Crippen molar-refractivity contribution in [3.63, 3.8) is 0 Å². The van der Waals surface area contributed by atoms with Crippen molar-refractivity contribution < 1.29 is 0 Å². The van der Waals surface area contributed by atoms with Crippen LogP contribution in [0.3, 0.4) is 0 Å². The van der Waals surface area contributed by atoms with Gasteiger partial charge >= 0.3 is 0 Å². The normalized spacial score (nSPS) is 10.8. The first-order valence-electron chi connectivity index (χ1n) is 5.11. The third-order valence-corrected chi connectivity index (χ3v) is 3.49. The zero-order valence-electron chi connectivity index (χ0n) is 8.84. The van der Waals surface area contributed by atoms with Crippen molar-refractivity contribution in [3.05, 3.63) is 47.6 Å². The molecular weight excluding hydrogens is 216 g/mol. The van der Waals surface area contributed by atoms with Gasteiger partial charge in [0.25, 0.3) is 0 Å². The minimum atomic E-state index is 1.02. The number of thiazole rings is 1. The number of aryl methyl sites for hydroxylation is 1. The SMILES string of the molecule is Cc1csc(-c2ccnc3ccccc23)n1. The first-order chi connectivity index (χ1) is 7.84. The Morgan fingerprint density at radius 1 is 1.12 bits per heavy atom. The number of hydrogen-bond acceptors (Lipinski definition) is 3. The van der Waals surface area contributed by atoms with Gasteiger partial charge in [0.2, 0.25) is 0 Å². The Morgan fingerprint density at radius 2 is 2.00 bits per heavy atom. The smallest absolute Gasteiger partial charge is 0.124 e. The quantitative estimate of drug-likeness (QED) is 0.632. The fourth-order valence-corrected chi connectivity index (χ4v) is 2.60. The lowest BCUT2D eigenvalue weighted by Crippen LogP contribution is -1.83. The Balaban J connectivity index is 2.31. The van der Waals surface area contributed by atoms with E-state index in [1.54, 1.807) is 11.3 Å². The predicted molar refractivity (Wildman–Crippen MR) is 67.6 cm³/mol. The van der Waals surface area contributed by atoms with Gasteiger partial charge in [-0.1, -0.05) is 18.2 Å². The molecule has 16 heavy (non-hydrogen) atoms. The van der Waals surface area contributed by atoms with Gasteiger partial charge in [-0.3, -0.25) is 4.98 Å². The van der Waals surface area contributed by atoms with Crippen LogP contribution in [-0.2, 0) is 0 Å². The third-order valence-electron chi connectivity index (χ3n) is 2.50. The van der Waals surface area contributed by atoms with Crippen molar-refractivity contribution in [3.8, 4) is 10.6 Å². The Bertz CT molecular complexity index is 638. The zero-order chi connectivity index (χ0) is 11.0. The van der Waals surface area contributed by atoms with Crippen LogP contribution in [0.25, 0.3) is 21.5 Å². The van der Waals surface area contributed by atoms with Crippen LogP contribution in [0.4, 0.5) is 0 Å². The van der Waals surface area contributed by atoms with Gasteiger partial charge in [-0.15, -0.1) is 11.3 Å². The second-order valence-electron chi connectivity index (χ2n) is 3.67. The molecule has 0 atom stereocenters. The molecule has 0 radical (unpaired) electrons. The zero-order valence-corrected chi connectivity index (χ0v) is 9.66. The van der Waals surface area contributed by atoms with Crippen molar-refractivity contribution in [2.75, 3.05) is 0 Å². The molecule has 1 aromatic carbocycles. The van der Waals surface area contributed by atoms with Crippen molar-refractivity contribution in [1.29, 1.82) is 0 Å². The van der Waals surface area contributed by atoms with Crippen LogP contribution in [-0.4, -0.2) is 9.97 Å². The second-order valence-corrected chi connectivity index (χ2v) is 4.53. The van der Waals surface area contributed by atoms with Crippen molar-refractivity contribution in [2.45, 2.75) is 6.92 Å². The van der Waals surface area contributed by atoms with Crippen LogP contribution in [0, 0.1) is 6.92 Å². The lowest BCUT2D eigenvalue weighted by atomic mass is 10.1. The molecule has 3 heteroatoms. The van der Waals surface area contributed by atoms with Gasteiger partial charge < -0.3 is 0 Å². The molecule has 78 valence electrons. The van der Waals surface area contributed by atoms with Crippen LogP contribution in [0.1, 0.15) is 5.69 Å². The summed E-state index contributed by atoms with van der Waals surface area (Å²) >= 11 is 1.68. The van der Waals surface area contributed by atoms with E-state index in [4.69, 9.17) is 0 Å². The third kappa shape index (κ3) is 1.49. The van der Waals surface area contributed by atoms with Crippen LogP contribution in [0.5, 0.6) is 0 Å². The molecule has 3 rings (SSSR count). The predicted octanol–water partition coefficient (Wildman–Crippen LogP) is 3.67. The number of fused-ring (bicyclic) bond motifs is 1. The van der Waals surface area contributed by atoms with E-state index in [1.165, 1.54) is 10.9 Å². The molecular formula is C13H10N2S. The molecule has 0 saturated heterocycles. The summed E-state index contributed by atoms with van der Waals surface area (Å²) in [6.45, 7) is 2.02. The Hall–Kier alpha value is -1.74. The molecule has 0 aliphatic carbocycles. The maximum Gasteiger partial charge on any atom is 0.124 e. The maximum absolute atomic E-state index is 4.52. The number of aromatic nitrogens is 2. The van der Waals surface area contributed by atoms with Gasteiger partial charge in [0.15, 0.2) is 0 Å². The summed E-state index contributed by atoms with van der Waals surface area (Å²) in [5, 5.41) is 4.31. The number of pyridine rings is 1. The monoisotopic (exact) mass is 226 g/mol. The number of hydrogen-bond donors (Lipinski definition) is 0. The summed E-state index contributed by atoms with van der Waals surface area (Å²) in [6.07, 6.45) is 1.84. The number of para-hydroxylation sites is 1. The van der Waals surface area contributed by atoms with Gasteiger partial charge in [-0.05, 0) is 19.1 Å². The van der Waals surface area contributed by atoms with Crippen molar-refractivity contribution in [2.24, 2.45) is 0 Å². The molecule has 2 aromatic heterocycles. The summed E-state index contributed by atoms with van der Waals surface area (Å²) < 4.78 is 0. The average Bonchev–Trinajstić information content (AvgIpc) is 2.75. The molecule has 0 amide bonds. The largest absolute Gasteiger partial charge is 0.256 e. The van der Waals surface area contributed by atoms with Gasteiger partial charge in [-0.2, -0.15) is 0 Å². The fourth-order valence-electron chi connectivity index (χ4n) is 1.76. The van der Waals surface area contributed by atoms with Gasteiger partial charge in [-0.25, -0.2) is 4.98 Å². The van der Waals surface area contributed by atoms with E-state index in [0.717, 1.165) is 16.2 Å². The standard InChI is InChI=1S/C13H10N2S/c1-9-8-16-13(15-9)11-6-7-14-12-5-3-2-4-10(11)12/h2-8H,1H3. The molecule has 0 aliphatic rings. The molecule has 2 heterocycles. The summed E-state index contributed by atoms with van der Waals surface area (Å²) in [6, 6.07) is 10.2. The van der Waals surface area contributed by atoms with Crippen LogP contribution in [0.15, 0.2) is 41.9 Å². The molecule has 0 bridgehead atoms. The first kappa shape index (κ1) is 9.48. The minimum absolute atomic E-state index is 1.02. The highest BCUT2D eigenvalue weighted by Crippen LogP contribution is 2.29. The lowest BCUT2D eigenvalue weighted by molar-refractivity contribution is 1.27. The first-order valence-corrected chi connectivity index (χ1v) is 5.99. The number of benzene rings is 1. The molecule has 0 fully saturated rings. The molecule has 2 nitrogen and oxygen atoms in total. The highest BCUT2D eigenvalue weighted by molar-refractivity contribution is 7.13. The van der Waals surface area contributed by atoms with E-state index in [2.05, 4.69) is 21.4 Å². The molecule has 0 aliphatic heterocycles. The summed E-state index contributed by atoms with van der Waals surface area (Å²) in [5.41, 5.74) is 3.26. The van der Waals surface area contributed by atoms with E-state index >= 15 is 0 Å². The molecule has 0 saturated carbocycles. The van der Waals surface area contributed by atoms with E-state index in [-0.39, 0.29) is 0 Å². The molecule has 0 unspecified atom stereocenters. The Morgan fingerprint density at radius 3 is 2.81 bits per heavy atom. The van der Waals surface area contributed by atoms with E-state index < -0.39 is 0 Å². The fraction of sp³-hybridized carbons (Fsp3) is 0.0769. The summed E-state index contributed by atoms with van der Waals surface area (Å²) in [4.78, 5) is 8.87. The molecule has 0 spiro atoms. The van der Waals surface area contributed by atoms with Crippen LogP contribution >= 0.6 is 11.3 Å². The summed E-state index contributed by atoms with van der Waals surface area (Å²) in [5.74, 6) is 0. The Kier molecular flexibility index (Phi) is 2.18. The van der Waals surface area contributed by atoms with E-state index in [1.807, 2.05) is 37.4 Å².